The highest BCUT2D eigenvalue weighted by molar-refractivity contribution is 5.86. The van der Waals surface area contributed by atoms with E-state index in [1.165, 1.54) is 7.11 Å². The number of nitrogens with zero attached hydrogens (tertiary/aromatic N) is 1. The van der Waals surface area contributed by atoms with Gasteiger partial charge in [-0.3, -0.25) is 9.59 Å². The zero-order valence-electron chi connectivity index (χ0n) is 17.2. The highest BCUT2D eigenvalue weighted by atomic mass is 16.5. The lowest BCUT2D eigenvalue weighted by molar-refractivity contribution is -0.144. The first-order chi connectivity index (χ1) is 14.5. The lowest BCUT2D eigenvalue weighted by atomic mass is 9.90. The van der Waals surface area contributed by atoms with Crippen LogP contribution in [0.25, 0.3) is 11.0 Å². The normalized spacial score (nSPS) is 24.3. The summed E-state index contributed by atoms with van der Waals surface area (Å²) in [7, 11) is 1.40. The zero-order chi connectivity index (χ0) is 21.0. The van der Waals surface area contributed by atoms with Gasteiger partial charge in [-0.05, 0) is 62.1 Å². The van der Waals surface area contributed by atoms with Gasteiger partial charge in [0.1, 0.15) is 11.3 Å². The van der Waals surface area contributed by atoms with Crippen molar-refractivity contribution in [3.05, 3.63) is 39.2 Å². The Kier molecular flexibility index (Phi) is 4.56. The molecule has 1 aromatic heterocycles. The quantitative estimate of drug-likeness (QED) is 0.567. The number of aryl methyl sites for hydroxylation is 2. The van der Waals surface area contributed by atoms with Crippen molar-refractivity contribution >= 4 is 22.8 Å². The van der Waals surface area contributed by atoms with Crippen LogP contribution in [0, 0.1) is 24.7 Å². The second-order valence-corrected chi connectivity index (χ2v) is 8.58. The molecule has 1 saturated heterocycles. The fraction of sp³-hybridized carbons (Fsp3) is 0.522. The minimum absolute atomic E-state index is 0.0588. The molecule has 30 heavy (non-hydrogen) atoms. The molecule has 1 aromatic carbocycles. The number of carbonyl (C=O) groups excluding carboxylic acids is 2. The molecule has 5 rings (SSSR count). The number of hydrogen-bond acceptors (Lipinski definition) is 6. The fourth-order valence-corrected chi connectivity index (χ4v) is 5.23. The summed E-state index contributed by atoms with van der Waals surface area (Å²) in [4.78, 5) is 38.4. The maximum atomic E-state index is 12.6. The van der Waals surface area contributed by atoms with Crippen molar-refractivity contribution in [2.24, 2.45) is 17.8 Å². The van der Waals surface area contributed by atoms with E-state index in [4.69, 9.17) is 13.9 Å². The van der Waals surface area contributed by atoms with Crippen LogP contribution in [-0.4, -0.2) is 43.6 Å². The topological polar surface area (TPSA) is 86.0 Å². The van der Waals surface area contributed by atoms with E-state index in [1.54, 1.807) is 4.90 Å². The van der Waals surface area contributed by atoms with Crippen LogP contribution in [0.2, 0.25) is 0 Å². The molecule has 0 spiro atoms. The van der Waals surface area contributed by atoms with Gasteiger partial charge in [-0.15, -0.1) is 0 Å². The molecule has 1 unspecified atom stereocenters. The van der Waals surface area contributed by atoms with Gasteiger partial charge in [0.15, 0.2) is 6.61 Å². The van der Waals surface area contributed by atoms with E-state index >= 15 is 0 Å². The van der Waals surface area contributed by atoms with Gasteiger partial charge in [0.05, 0.1) is 13.0 Å². The van der Waals surface area contributed by atoms with E-state index in [0.29, 0.717) is 24.4 Å². The molecule has 1 aliphatic heterocycles. The molecule has 158 valence electrons. The van der Waals surface area contributed by atoms with Gasteiger partial charge in [-0.2, -0.15) is 0 Å². The van der Waals surface area contributed by atoms with Gasteiger partial charge in [0.25, 0.3) is 5.91 Å². The van der Waals surface area contributed by atoms with Gasteiger partial charge in [0.2, 0.25) is 0 Å². The predicted octanol–water partition coefficient (Wildman–Crippen LogP) is 2.24. The van der Waals surface area contributed by atoms with Gasteiger partial charge >= 0.3 is 11.6 Å². The van der Waals surface area contributed by atoms with E-state index in [0.717, 1.165) is 47.8 Å². The Morgan fingerprint density at radius 3 is 2.53 bits per heavy atom. The van der Waals surface area contributed by atoms with E-state index in [-0.39, 0.29) is 41.9 Å². The summed E-state index contributed by atoms with van der Waals surface area (Å²) >= 11 is 0. The van der Waals surface area contributed by atoms with Gasteiger partial charge in [-0.25, -0.2) is 4.79 Å². The van der Waals surface area contributed by atoms with Crippen LogP contribution in [0.1, 0.15) is 29.5 Å². The third-order valence-corrected chi connectivity index (χ3v) is 6.96. The summed E-state index contributed by atoms with van der Waals surface area (Å²) in [5, 5.41) is 0.967. The predicted molar refractivity (Wildman–Crippen MR) is 108 cm³/mol. The van der Waals surface area contributed by atoms with Crippen molar-refractivity contribution in [3.63, 3.8) is 0 Å². The third kappa shape index (κ3) is 2.99. The summed E-state index contributed by atoms with van der Waals surface area (Å²) in [5.74, 6) is 0.637. The molecule has 7 heteroatoms. The van der Waals surface area contributed by atoms with Crippen LogP contribution in [0.15, 0.2) is 21.3 Å². The fourth-order valence-electron chi connectivity index (χ4n) is 5.23. The maximum Gasteiger partial charge on any atom is 0.339 e. The van der Waals surface area contributed by atoms with Crippen LogP contribution >= 0.6 is 0 Å². The zero-order valence-corrected chi connectivity index (χ0v) is 17.2. The number of rotatable bonds is 4. The van der Waals surface area contributed by atoms with Crippen molar-refractivity contribution in [1.29, 1.82) is 0 Å². The summed E-state index contributed by atoms with van der Waals surface area (Å²) in [6, 6.07) is 3.79. The van der Waals surface area contributed by atoms with Gasteiger partial charge < -0.3 is 18.8 Å². The number of piperidine rings is 1. The molecule has 3 atom stereocenters. The van der Waals surface area contributed by atoms with Crippen LogP contribution in [0.5, 0.6) is 5.75 Å². The lowest BCUT2D eigenvalue weighted by Crippen LogP contribution is -2.36. The molecular formula is C23H25NO6. The molecule has 0 bridgehead atoms. The largest absolute Gasteiger partial charge is 0.483 e. The SMILES string of the molecule is COC(=O)C1[C@H]2CN(C(=O)COc3ccc4c5c(c(=O)oc4c3C)CCCC5)C[C@@H]12. The van der Waals surface area contributed by atoms with Crippen LogP contribution in [0.4, 0.5) is 0 Å². The lowest BCUT2D eigenvalue weighted by Gasteiger charge is -2.20. The number of methoxy groups -OCH3 is 1. The molecule has 2 fully saturated rings. The van der Waals surface area contributed by atoms with Gasteiger partial charge in [0, 0.05) is 29.6 Å². The summed E-state index contributed by atoms with van der Waals surface area (Å²) in [6.07, 6.45) is 3.75. The summed E-state index contributed by atoms with van der Waals surface area (Å²) in [6.45, 7) is 2.92. The molecular weight excluding hydrogens is 386 g/mol. The van der Waals surface area contributed by atoms with E-state index in [1.807, 2.05) is 19.1 Å². The molecule has 1 saturated carbocycles. The maximum absolute atomic E-state index is 12.6. The molecule has 3 aliphatic rings. The number of likely N-dealkylation sites (tertiary alicyclic amines) is 1. The molecule has 0 N–H and O–H groups in total. The number of amides is 1. The first-order valence-electron chi connectivity index (χ1n) is 10.6. The first kappa shape index (κ1) is 19.2. The molecule has 2 heterocycles. The minimum Gasteiger partial charge on any atom is -0.483 e. The molecule has 2 aromatic rings. The second-order valence-electron chi connectivity index (χ2n) is 8.58. The highest BCUT2D eigenvalue weighted by Gasteiger charge is 2.60. The number of ether oxygens (including phenoxy) is 2. The van der Waals surface area contributed by atoms with Crippen LogP contribution in [0.3, 0.4) is 0 Å². The number of esters is 1. The number of fused-ring (bicyclic) bond motifs is 4. The Balaban J connectivity index is 1.29. The Bertz CT molecular complexity index is 1090. The van der Waals surface area contributed by atoms with Crippen LogP contribution < -0.4 is 10.4 Å². The van der Waals surface area contributed by atoms with E-state index in [2.05, 4.69) is 0 Å². The average molecular weight is 411 g/mol. The van der Waals surface area contributed by atoms with Crippen molar-refractivity contribution < 1.29 is 23.5 Å². The number of hydrogen-bond donors (Lipinski definition) is 0. The Labute approximate surface area is 173 Å². The standard InChI is InChI=1S/C23H25NO6/c1-12-18(8-7-14-13-5-3-4-6-15(13)22(26)30-21(12)14)29-11-19(25)24-9-16-17(10-24)20(16)23(27)28-2/h7-8,16-17,20H,3-6,9-11H2,1-2H3/t16-,17+,20?. The third-order valence-electron chi connectivity index (χ3n) is 6.96. The van der Waals surface area contributed by atoms with Crippen molar-refractivity contribution in [3.8, 4) is 5.75 Å². The summed E-state index contributed by atoms with van der Waals surface area (Å²) in [5.41, 5.74) is 2.92. The Morgan fingerprint density at radius 2 is 1.83 bits per heavy atom. The molecule has 2 aliphatic carbocycles. The Hall–Kier alpha value is -2.83. The average Bonchev–Trinajstić information content (AvgIpc) is 3.26. The molecule has 0 radical (unpaired) electrons. The second kappa shape index (κ2) is 7.15. The van der Waals surface area contributed by atoms with E-state index in [9.17, 15) is 14.4 Å². The van der Waals surface area contributed by atoms with E-state index < -0.39 is 0 Å². The summed E-state index contributed by atoms with van der Waals surface area (Å²) < 4.78 is 16.2. The molecule has 7 nitrogen and oxygen atoms in total. The van der Waals surface area contributed by atoms with Crippen molar-refractivity contribution in [1.82, 2.24) is 4.90 Å². The monoisotopic (exact) mass is 411 g/mol. The Morgan fingerprint density at radius 1 is 1.13 bits per heavy atom. The number of carbonyl (C=O) groups is 2. The minimum atomic E-state index is -0.259. The smallest absolute Gasteiger partial charge is 0.339 e. The first-order valence-corrected chi connectivity index (χ1v) is 10.6. The number of benzene rings is 1. The van der Waals surface area contributed by atoms with Gasteiger partial charge in [-0.1, -0.05) is 0 Å². The van der Waals surface area contributed by atoms with Crippen molar-refractivity contribution in [2.45, 2.75) is 32.6 Å². The highest BCUT2D eigenvalue weighted by Crippen LogP contribution is 2.52. The van der Waals surface area contributed by atoms with Crippen LogP contribution in [-0.2, 0) is 27.2 Å². The van der Waals surface area contributed by atoms with Crippen molar-refractivity contribution in [2.75, 3.05) is 26.8 Å². The molecule has 1 amide bonds.